The minimum absolute atomic E-state index is 0.182. The van der Waals surface area contributed by atoms with Crippen LogP contribution in [0.3, 0.4) is 0 Å². The summed E-state index contributed by atoms with van der Waals surface area (Å²) in [6.45, 7) is 4.66. The molecule has 4 heteroatoms. The Hall–Kier alpha value is -2.49. The van der Waals surface area contributed by atoms with Crippen LogP contribution in [0.5, 0.6) is 0 Å². The van der Waals surface area contributed by atoms with Gasteiger partial charge < -0.3 is 15.5 Å². The van der Waals surface area contributed by atoms with E-state index in [9.17, 15) is 4.79 Å². The van der Waals surface area contributed by atoms with E-state index in [0.717, 1.165) is 16.9 Å². The van der Waals surface area contributed by atoms with E-state index in [4.69, 9.17) is 0 Å². The molecule has 0 radical (unpaired) electrons. The summed E-state index contributed by atoms with van der Waals surface area (Å²) in [5.74, 6) is 0. The number of amides is 2. The fourth-order valence-electron chi connectivity index (χ4n) is 2.19. The maximum Gasteiger partial charge on any atom is 0.319 e. The molecule has 0 spiro atoms. The molecule has 2 amide bonds. The van der Waals surface area contributed by atoms with Gasteiger partial charge in [0, 0.05) is 31.0 Å². The van der Waals surface area contributed by atoms with E-state index >= 15 is 0 Å². The third kappa shape index (κ3) is 4.52. The van der Waals surface area contributed by atoms with Gasteiger partial charge in [-0.15, -0.1) is 0 Å². The van der Waals surface area contributed by atoms with Gasteiger partial charge in [-0.05, 0) is 43.7 Å². The molecule has 0 aliphatic heterocycles. The van der Waals surface area contributed by atoms with Crippen molar-refractivity contribution >= 4 is 17.4 Å². The lowest BCUT2D eigenvalue weighted by molar-refractivity contribution is 0.251. The molecule has 0 saturated heterocycles. The Balaban J connectivity index is 1.83. The number of rotatable bonds is 5. The predicted molar refractivity (Wildman–Crippen MR) is 92.5 cm³/mol. The molecule has 2 aromatic carbocycles. The van der Waals surface area contributed by atoms with E-state index in [0.29, 0.717) is 6.54 Å². The first kappa shape index (κ1) is 15.9. The van der Waals surface area contributed by atoms with Crippen molar-refractivity contribution < 1.29 is 4.79 Å². The number of carbonyl (C=O) groups is 1. The summed E-state index contributed by atoms with van der Waals surface area (Å²) >= 11 is 0. The number of carbonyl (C=O) groups excluding carboxylic acids is 1. The second kappa shape index (κ2) is 7.50. The third-order valence-electron chi connectivity index (χ3n) is 3.66. The van der Waals surface area contributed by atoms with Crippen molar-refractivity contribution in [1.82, 2.24) is 5.32 Å². The van der Waals surface area contributed by atoms with Crippen molar-refractivity contribution in [1.29, 1.82) is 0 Å². The number of hydrogen-bond acceptors (Lipinski definition) is 2. The zero-order chi connectivity index (χ0) is 15.9. The Morgan fingerprint density at radius 1 is 1.14 bits per heavy atom. The summed E-state index contributed by atoms with van der Waals surface area (Å²) < 4.78 is 0. The number of aryl methyl sites for hydroxylation is 1. The van der Waals surface area contributed by atoms with Crippen LogP contribution in [0.2, 0.25) is 0 Å². The van der Waals surface area contributed by atoms with Gasteiger partial charge in [0.1, 0.15) is 0 Å². The Morgan fingerprint density at radius 2 is 1.86 bits per heavy atom. The highest BCUT2D eigenvalue weighted by Gasteiger charge is 2.11. The van der Waals surface area contributed by atoms with E-state index in [1.54, 1.807) is 0 Å². The zero-order valence-electron chi connectivity index (χ0n) is 13.3. The fraction of sp³-hybridized carbons (Fsp3) is 0.278. The van der Waals surface area contributed by atoms with Crippen molar-refractivity contribution in [2.24, 2.45) is 0 Å². The fourth-order valence-corrected chi connectivity index (χ4v) is 2.19. The van der Waals surface area contributed by atoms with Crippen LogP contribution in [0.4, 0.5) is 16.2 Å². The van der Waals surface area contributed by atoms with E-state index < -0.39 is 0 Å². The van der Waals surface area contributed by atoms with Crippen molar-refractivity contribution in [2.45, 2.75) is 19.9 Å². The second-order valence-corrected chi connectivity index (χ2v) is 5.50. The number of para-hydroxylation sites is 1. The topological polar surface area (TPSA) is 44.4 Å². The van der Waals surface area contributed by atoms with Gasteiger partial charge in [0.2, 0.25) is 0 Å². The van der Waals surface area contributed by atoms with E-state index in [1.165, 1.54) is 0 Å². The summed E-state index contributed by atoms with van der Waals surface area (Å²) in [5.41, 5.74) is 3.06. The van der Waals surface area contributed by atoms with Crippen LogP contribution < -0.4 is 15.5 Å². The largest absolute Gasteiger partial charge is 0.370 e. The SMILES string of the molecule is Cc1cccc(NC(=O)NCC(C)N(C)c2ccccc2)c1. The first-order valence-corrected chi connectivity index (χ1v) is 7.45. The molecule has 0 aromatic heterocycles. The van der Waals surface area contributed by atoms with Crippen LogP contribution in [-0.2, 0) is 0 Å². The Kier molecular flexibility index (Phi) is 5.42. The lowest BCUT2D eigenvalue weighted by Gasteiger charge is -2.27. The Morgan fingerprint density at radius 3 is 2.55 bits per heavy atom. The molecule has 22 heavy (non-hydrogen) atoms. The lowest BCUT2D eigenvalue weighted by atomic mass is 10.2. The molecule has 0 aliphatic rings. The minimum Gasteiger partial charge on any atom is -0.370 e. The second-order valence-electron chi connectivity index (χ2n) is 5.50. The van der Waals surface area contributed by atoms with Gasteiger partial charge in [0.25, 0.3) is 0 Å². The van der Waals surface area contributed by atoms with Gasteiger partial charge in [-0.2, -0.15) is 0 Å². The lowest BCUT2D eigenvalue weighted by Crippen LogP contribution is -2.41. The summed E-state index contributed by atoms with van der Waals surface area (Å²) in [7, 11) is 2.03. The number of hydrogen-bond donors (Lipinski definition) is 2. The highest BCUT2D eigenvalue weighted by molar-refractivity contribution is 5.89. The van der Waals surface area contributed by atoms with Gasteiger partial charge >= 0.3 is 6.03 Å². The van der Waals surface area contributed by atoms with E-state index in [1.807, 2.05) is 56.4 Å². The van der Waals surface area contributed by atoms with Gasteiger partial charge in [-0.25, -0.2) is 4.79 Å². The smallest absolute Gasteiger partial charge is 0.319 e. The van der Waals surface area contributed by atoms with Crippen molar-refractivity contribution in [3.05, 3.63) is 60.2 Å². The van der Waals surface area contributed by atoms with Gasteiger partial charge in [-0.3, -0.25) is 0 Å². The summed E-state index contributed by atoms with van der Waals surface area (Å²) in [4.78, 5) is 14.1. The highest BCUT2D eigenvalue weighted by Crippen LogP contribution is 2.13. The maximum absolute atomic E-state index is 11.9. The first-order valence-electron chi connectivity index (χ1n) is 7.45. The predicted octanol–water partition coefficient (Wildman–Crippen LogP) is 3.64. The number of anilines is 2. The maximum atomic E-state index is 11.9. The standard InChI is InChI=1S/C18H23N3O/c1-14-8-7-9-16(12-14)20-18(22)19-13-15(2)21(3)17-10-5-4-6-11-17/h4-12,15H,13H2,1-3H3,(H2,19,20,22). The average Bonchev–Trinajstić information content (AvgIpc) is 2.52. The van der Waals surface area contributed by atoms with Crippen LogP contribution in [0, 0.1) is 6.92 Å². The number of urea groups is 1. The quantitative estimate of drug-likeness (QED) is 0.885. The molecule has 2 rings (SSSR count). The van der Waals surface area contributed by atoms with Crippen molar-refractivity contribution in [2.75, 3.05) is 23.8 Å². The van der Waals surface area contributed by atoms with Crippen molar-refractivity contribution in [3.63, 3.8) is 0 Å². The number of nitrogens with zero attached hydrogens (tertiary/aromatic N) is 1. The molecule has 4 nitrogen and oxygen atoms in total. The molecular formula is C18H23N3O. The van der Waals surface area contributed by atoms with Gasteiger partial charge in [0.05, 0.1) is 0 Å². The van der Waals surface area contributed by atoms with Crippen LogP contribution in [0.1, 0.15) is 12.5 Å². The zero-order valence-corrected chi connectivity index (χ0v) is 13.3. The normalized spacial score (nSPS) is 11.6. The summed E-state index contributed by atoms with van der Waals surface area (Å²) in [5, 5.41) is 5.76. The molecule has 116 valence electrons. The Bertz CT molecular complexity index is 613. The monoisotopic (exact) mass is 297 g/mol. The molecule has 0 bridgehead atoms. The molecule has 1 unspecified atom stereocenters. The van der Waals surface area contributed by atoms with Crippen LogP contribution in [-0.4, -0.2) is 25.7 Å². The average molecular weight is 297 g/mol. The highest BCUT2D eigenvalue weighted by atomic mass is 16.2. The Labute approximate surface area is 132 Å². The van der Waals surface area contributed by atoms with E-state index in [-0.39, 0.29) is 12.1 Å². The number of likely N-dealkylation sites (N-methyl/N-ethyl adjacent to an activating group) is 1. The first-order chi connectivity index (χ1) is 10.6. The minimum atomic E-state index is -0.182. The van der Waals surface area contributed by atoms with Crippen LogP contribution in [0.25, 0.3) is 0 Å². The summed E-state index contributed by atoms with van der Waals surface area (Å²) in [6, 6.07) is 17.9. The molecule has 0 heterocycles. The van der Waals surface area contributed by atoms with Crippen molar-refractivity contribution in [3.8, 4) is 0 Å². The third-order valence-corrected chi connectivity index (χ3v) is 3.66. The van der Waals surface area contributed by atoms with Crippen LogP contribution in [0.15, 0.2) is 54.6 Å². The van der Waals surface area contributed by atoms with E-state index in [2.05, 4.69) is 34.6 Å². The van der Waals surface area contributed by atoms with Gasteiger partial charge in [-0.1, -0.05) is 30.3 Å². The molecule has 2 aromatic rings. The molecule has 2 N–H and O–H groups in total. The molecule has 0 saturated carbocycles. The van der Waals surface area contributed by atoms with Gasteiger partial charge in [0.15, 0.2) is 0 Å². The number of nitrogens with one attached hydrogen (secondary N) is 2. The molecule has 0 fully saturated rings. The summed E-state index contributed by atoms with van der Waals surface area (Å²) in [6.07, 6.45) is 0. The number of benzene rings is 2. The molecular weight excluding hydrogens is 274 g/mol. The molecule has 1 atom stereocenters. The molecule has 0 aliphatic carbocycles. The van der Waals surface area contributed by atoms with Crippen LogP contribution >= 0.6 is 0 Å².